The van der Waals surface area contributed by atoms with E-state index in [1.165, 1.54) is 24.0 Å². The number of hydrogen-bond acceptors (Lipinski definition) is 3. The molecule has 143 valence electrons. The van der Waals surface area contributed by atoms with Gasteiger partial charge in [-0.2, -0.15) is 0 Å². The standard InChI is InChI=1S/C23H29N2O2/c1-3-7-20(8-4-1)23(21-9-5-2-6-10-21)27-22-18-25(14-13-24-22)17-19-11-15-26-16-12-19/h1-10,19,22-23H,11-18H2. The molecule has 2 heterocycles. The monoisotopic (exact) mass is 365 g/mol. The lowest BCUT2D eigenvalue weighted by molar-refractivity contribution is -0.0543. The first-order chi connectivity index (χ1) is 13.4. The molecule has 2 aromatic rings. The summed E-state index contributed by atoms with van der Waals surface area (Å²) >= 11 is 0. The van der Waals surface area contributed by atoms with Gasteiger partial charge in [-0.15, -0.1) is 0 Å². The molecule has 4 heteroatoms. The van der Waals surface area contributed by atoms with Crippen molar-refractivity contribution in [1.29, 1.82) is 0 Å². The van der Waals surface area contributed by atoms with Crippen LogP contribution in [-0.4, -0.2) is 50.5 Å². The number of benzene rings is 2. The van der Waals surface area contributed by atoms with Crippen molar-refractivity contribution in [3.63, 3.8) is 0 Å². The fourth-order valence-electron chi connectivity index (χ4n) is 4.02. The molecule has 0 bridgehead atoms. The van der Waals surface area contributed by atoms with Gasteiger partial charge in [-0.3, -0.25) is 4.90 Å². The molecule has 1 unspecified atom stereocenters. The molecule has 0 saturated carbocycles. The van der Waals surface area contributed by atoms with Gasteiger partial charge < -0.3 is 9.47 Å². The molecule has 27 heavy (non-hydrogen) atoms. The van der Waals surface area contributed by atoms with E-state index in [0.29, 0.717) is 0 Å². The van der Waals surface area contributed by atoms with Crippen LogP contribution in [0.5, 0.6) is 0 Å². The summed E-state index contributed by atoms with van der Waals surface area (Å²) in [6.07, 6.45) is 2.19. The average molecular weight is 365 g/mol. The molecule has 4 rings (SSSR count). The van der Waals surface area contributed by atoms with Gasteiger partial charge in [-0.25, -0.2) is 5.32 Å². The molecule has 0 aromatic heterocycles. The van der Waals surface area contributed by atoms with Crippen LogP contribution >= 0.6 is 0 Å². The SMILES string of the molecule is c1ccc(C(OC2CN(CC3CCOCC3)CC[N]2)c2ccccc2)cc1. The topological polar surface area (TPSA) is 35.8 Å². The van der Waals surface area contributed by atoms with Gasteiger partial charge in [-0.1, -0.05) is 60.7 Å². The lowest BCUT2D eigenvalue weighted by Crippen LogP contribution is -2.50. The number of hydrogen-bond donors (Lipinski definition) is 0. The summed E-state index contributed by atoms with van der Waals surface area (Å²) in [4.78, 5) is 2.53. The van der Waals surface area contributed by atoms with Crippen molar-refractivity contribution in [3.8, 4) is 0 Å². The van der Waals surface area contributed by atoms with E-state index in [9.17, 15) is 0 Å². The number of nitrogens with zero attached hydrogens (tertiary/aromatic N) is 2. The van der Waals surface area contributed by atoms with E-state index in [1.54, 1.807) is 0 Å². The average Bonchev–Trinajstić information content (AvgIpc) is 2.74. The highest BCUT2D eigenvalue weighted by Gasteiger charge is 2.27. The van der Waals surface area contributed by atoms with E-state index >= 15 is 0 Å². The highest BCUT2D eigenvalue weighted by Crippen LogP contribution is 2.28. The van der Waals surface area contributed by atoms with E-state index in [2.05, 4.69) is 53.4 Å². The molecule has 2 aliphatic rings. The number of ether oxygens (including phenoxy) is 2. The van der Waals surface area contributed by atoms with Gasteiger partial charge in [0.2, 0.25) is 0 Å². The molecule has 2 aromatic carbocycles. The van der Waals surface area contributed by atoms with E-state index in [-0.39, 0.29) is 12.3 Å². The highest BCUT2D eigenvalue weighted by molar-refractivity contribution is 5.30. The Morgan fingerprint density at radius 2 is 1.59 bits per heavy atom. The summed E-state index contributed by atoms with van der Waals surface area (Å²) in [6, 6.07) is 20.9. The lowest BCUT2D eigenvalue weighted by Gasteiger charge is -2.37. The Morgan fingerprint density at radius 1 is 0.963 bits per heavy atom. The van der Waals surface area contributed by atoms with E-state index < -0.39 is 0 Å². The Labute approximate surface area is 162 Å². The summed E-state index contributed by atoms with van der Waals surface area (Å²) in [5, 5.41) is 4.77. The van der Waals surface area contributed by atoms with Gasteiger partial charge in [-0.05, 0) is 29.9 Å². The third kappa shape index (κ3) is 5.17. The van der Waals surface area contributed by atoms with Crippen LogP contribution in [0.4, 0.5) is 0 Å². The maximum Gasteiger partial charge on any atom is 0.137 e. The minimum absolute atomic E-state index is 0.0795. The second-order valence-corrected chi connectivity index (χ2v) is 7.51. The molecule has 1 radical (unpaired) electrons. The van der Waals surface area contributed by atoms with Gasteiger partial charge in [0.05, 0.1) is 0 Å². The van der Waals surface area contributed by atoms with Crippen molar-refractivity contribution in [3.05, 3.63) is 71.8 Å². The summed E-state index contributed by atoms with van der Waals surface area (Å²) in [5.41, 5.74) is 2.36. The minimum Gasteiger partial charge on any atom is -0.381 e. The van der Waals surface area contributed by atoms with Gasteiger partial charge in [0.1, 0.15) is 12.3 Å². The Bertz CT molecular complexity index is 634. The van der Waals surface area contributed by atoms with Gasteiger partial charge in [0, 0.05) is 39.4 Å². The lowest BCUT2D eigenvalue weighted by atomic mass is 9.99. The van der Waals surface area contributed by atoms with Crippen LogP contribution in [0.15, 0.2) is 60.7 Å². The molecular weight excluding hydrogens is 336 g/mol. The van der Waals surface area contributed by atoms with E-state index in [0.717, 1.165) is 45.3 Å². The molecular formula is C23H29N2O2. The first-order valence-electron chi connectivity index (χ1n) is 10.1. The smallest absolute Gasteiger partial charge is 0.137 e. The normalized spacial score (nSPS) is 22.2. The van der Waals surface area contributed by atoms with Crippen molar-refractivity contribution in [2.75, 3.05) is 39.4 Å². The number of rotatable bonds is 6. The van der Waals surface area contributed by atoms with Crippen molar-refractivity contribution in [1.82, 2.24) is 10.2 Å². The molecule has 2 fully saturated rings. The van der Waals surface area contributed by atoms with Crippen LogP contribution in [0, 0.1) is 5.92 Å². The van der Waals surface area contributed by atoms with Crippen molar-refractivity contribution < 1.29 is 9.47 Å². The summed E-state index contributed by atoms with van der Waals surface area (Å²) in [7, 11) is 0. The van der Waals surface area contributed by atoms with Crippen molar-refractivity contribution >= 4 is 0 Å². The quantitative estimate of drug-likeness (QED) is 0.786. The van der Waals surface area contributed by atoms with Crippen LogP contribution in [0.1, 0.15) is 30.1 Å². The summed E-state index contributed by atoms with van der Waals surface area (Å²) < 4.78 is 12.0. The van der Waals surface area contributed by atoms with Crippen LogP contribution < -0.4 is 5.32 Å². The molecule has 2 aliphatic heterocycles. The highest BCUT2D eigenvalue weighted by atomic mass is 16.5. The Balaban J connectivity index is 1.43. The van der Waals surface area contributed by atoms with Gasteiger partial charge in [0.15, 0.2) is 0 Å². The first kappa shape index (κ1) is 18.6. The zero-order valence-electron chi connectivity index (χ0n) is 15.9. The fourth-order valence-corrected chi connectivity index (χ4v) is 4.02. The maximum atomic E-state index is 6.55. The Kier molecular flexibility index (Phi) is 6.53. The maximum absolute atomic E-state index is 6.55. The van der Waals surface area contributed by atoms with Gasteiger partial charge in [0.25, 0.3) is 0 Å². The fraction of sp³-hybridized carbons (Fsp3) is 0.478. The van der Waals surface area contributed by atoms with Crippen LogP contribution in [0.2, 0.25) is 0 Å². The molecule has 4 nitrogen and oxygen atoms in total. The third-order valence-electron chi connectivity index (χ3n) is 5.52. The summed E-state index contributed by atoms with van der Waals surface area (Å²) in [6.45, 7) is 5.73. The second-order valence-electron chi connectivity index (χ2n) is 7.51. The third-order valence-corrected chi connectivity index (χ3v) is 5.52. The van der Waals surface area contributed by atoms with Crippen LogP contribution in [0.3, 0.4) is 0 Å². The minimum atomic E-state index is -0.0796. The van der Waals surface area contributed by atoms with E-state index in [4.69, 9.17) is 14.8 Å². The Morgan fingerprint density at radius 3 is 2.22 bits per heavy atom. The molecule has 0 N–H and O–H groups in total. The van der Waals surface area contributed by atoms with Crippen LogP contribution in [-0.2, 0) is 9.47 Å². The predicted octanol–water partition coefficient (Wildman–Crippen LogP) is 3.47. The molecule has 1 atom stereocenters. The Hall–Kier alpha value is -1.72. The largest absolute Gasteiger partial charge is 0.381 e. The van der Waals surface area contributed by atoms with Crippen molar-refractivity contribution in [2.45, 2.75) is 25.2 Å². The predicted molar refractivity (Wildman–Crippen MR) is 107 cm³/mol. The molecule has 0 amide bonds. The van der Waals surface area contributed by atoms with Crippen molar-refractivity contribution in [2.24, 2.45) is 5.92 Å². The van der Waals surface area contributed by atoms with Crippen LogP contribution in [0.25, 0.3) is 0 Å². The molecule has 0 spiro atoms. The molecule has 2 saturated heterocycles. The number of piperazine rings is 1. The van der Waals surface area contributed by atoms with Gasteiger partial charge >= 0.3 is 0 Å². The zero-order valence-corrected chi connectivity index (χ0v) is 15.9. The first-order valence-corrected chi connectivity index (χ1v) is 10.1. The zero-order chi connectivity index (χ0) is 18.3. The summed E-state index contributed by atoms with van der Waals surface area (Å²) in [5.74, 6) is 0.747. The molecule has 0 aliphatic carbocycles. The van der Waals surface area contributed by atoms with E-state index in [1.807, 2.05) is 12.1 Å². The second kappa shape index (κ2) is 9.47.